The number of rotatable bonds is 6. The number of aliphatic carboxylic acids is 1. The van der Waals surface area contributed by atoms with Gasteiger partial charge in [-0.05, 0) is 24.8 Å². The maximum atomic E-state index is 12.6. The fourth-order valence-electron chi connectivity index (χ4n) is 3.96. The molecule has 1 unspecified atom stereocenters. The van der Waals surface area contributed by atoms with Crippen molar-refractivity contribution in [3.63, 3.8) is 0 Å². The van der Waals surface area contributed by atoms with Gasteiger partial charge in [-0.2, -0.15) is 0 Å². The second kappa shape index (κ2) is 7.89. The summed E-state index contributed by atoms with van der Waals surface area (Å²) in [7, 11) is 0. The van der Waals surface area contributed by atoms with Crippen molar-refractivity contribution >= 4 is 17.8 Å². The molecule has 0 aromatic heterocycles. The van der Waals surface area contributed by atoms with E-state index in [0.29, 0.717) is 25.9 Å². The summed E-state index contributed by atoms with van der Waals surface area (Å²) < 4.78 is 0. The van der Waals surface area contributed by atoms with Crippen molar-refractivity contribution in [2.75, 3.05) is 13.1 Å². The van der Waals surface area contributed by atoms with E-state index in [0.717, 1.165) is 31.2 Å². The second-order valence-electron chi connectivity index (χ2n) is 7.41. The molecule has 0 radical (unpaired) electrons. The van der Waals surface area contributed by atoms with Crippen LogP contribution in [0.4, 0.5) is 0 Å². The minimum atomic E-state index is -1.16. The monoisotopic (exact) mass is 358 g/mol. The second-order valence-corrected chi connectivity index (χ2v) is 7.41. The lowest BCUT2D eigenvalue weighted by molar-refractivity contribution is -0.150. The number of carboxylic acid groups (broad SMARTS) is 1. The third kappa shape index (κ3) is 4.06. The maximum absolute atomic E-state index is 12.6. The number of nitrogens with one attached hydrogen (secondary N) is 1. The van der Waals surface area contributed by atoms with Gasteiger partial charge in [-0.1, -0.05) is 49.6 Å². The van der Waals surface area contributed by atoms with Crippen molar-refractivity contribution in [1.82, 2.24) is 10.2 Å². The van der Waals surface area contributed by atoms with Gasteiger partial charge in [-0.15, -0.1) is 0 Å². The number of amides is 2. The van der Waals surface area contributed by atoms with Gasteiger partial charge in [-0.25, -0.2) is 4.79 Å². The number of carbonyl (C=O) groups excluding carboxylic acids is 2. The van der Waals surface area contributed by atoms with Crippen molar-refractivity contribution in [2.24, 2.45) is 5.92 Å². The van der Waals surface area contributed by atoms with E-state index in [1.165, 1.54) is 0 Å². The highest BCUT2D eigenvalue weighted by atomic mass is 16.4. The van der Waals surface area contributed by atoms with Crippen LogP contribution >= 0.6 is 0 Å². The number of benzene rings is 1. The summed E-state index contributed by atoms with van der Waals surface area (Å²) in [5.74, 6) is -1.76. The lowest BCUT2D eigenvalue weighted by atomic mass is 9.81. The van der Waals surface area contributed by atoms with Crippen LogP contribution in [0.15, 0.2) is 30.3 Å². The molecule has 1 aromatic carbocycles. The van der Waals surface area contributed by atoms with Gasteiger partial charge in [0, 0.05) is 19.5 Å². The molecule has 1 heterocycles. The zero-order chi connectivity index (χ0) is 18.6. The zero-order valence-electron chi connectivity index (χ0n) is 14.9. The normalized spacial score (nSPS) is 22.2. The number of hydrogen-bond acceptors (Lipinski definition) is 3. The fraction of sp³-hybridized carbons (Fsp3) is 0.550. The summed E-state index contributed by atoms with van der Waals surface area (Å²) in [4.78, 5) is 38.3. The number of likely N-dealkylation sites (tertiary alicyclic amines) is 1. The van der Waals surface area contributed by atoms with Gasteiger partial charge in [0.25, 0.3) is 0 Å². The summed E-state index contributed by atoms with van der Waals surface area (Å²) in [5.41, 5.74) is -0.00391. The van der Waals surface area contributed by atoms with E-state index in [4.69, 9.17) is 0 Å². The largest absolute Gasteiger partial charge is 0.480 e. The summed E-state index contributed by atoms with van der Waals surface area (Å²) in [6.45, 7) is 0.948. The Balaban J connectivity index is 1.57. The molecule has 1 aliphatic heterocycles. The maximum Gasteiger partial charge on any atom is 0.329 e. The Morgan fingerprint density at radius 1 is 1.15 bits per heavy atom. The summed E-state index contributed by atoms with van der Waals surface area (Å²) in [6.07, 6.45) is 4.45. The number of carboxylic acids is 1. The first-order chi connectivity index (χ1) is 12.5. The number of carbonyl (C=O) groups is 3. The first-order valence-electron chi connectivity index (χ1n) is 9.37. The van der Waals surface area contributed by atoms with Crippen molar-refractivity contribution in [3.8, 4) is 0 Å². The van der Waals surface area contributed by atoms with E-state index in [-0.39, 0.29) is 18.2 Å². The molecule has 6 heteroatoms. The number of nitrogens with zero attached hydrogens (tertiary/aromatic N) is 1. The van der Waals surface area contributed by atoms with Gasteiger partial charge in [0.2, 0.25) is 11.8 Å². The van der Waals surface area contributed by atoms with Gasteiger partial charge >= 0.3 is 5.97 Å². The van der Waals surface area contributed by atoms with Crippen molar-refractivity contribution in [1.29, 1.82) is 0 Å². The summed E-state index contributed by atoms with van der Waals surface area (Å²) in [5, 5.41) is 12.4. The third-order valence-corrected chi connectivity index (χ3v) is 5.58. The van der Waals surface area contributed by atoms with E-state index in [1.54, 1.807) is 4.90 Å². The standard InChI is InChI=1S/C20H26N2O4/c23-17-13-16(14-22(17)12-9-15-7-3-1-4-8-15)18(24)21-20(19(25)26)10-5-2-6-11-20/h1,3-4,7-8,16H,2,5-6,9-14H2,(H,21,24)(H,25,26). The first-order valence-corrected chi connectivity index (χ1v) is 9.37. The van der Waals surface area contributed by atoms with E-state index < -0.39 is 17.4 Å². The molecule has 3 rings (SSSR count). The lowest BCUT2D eigenvalue weighted by Gasteiger charge is -2.34. The quantitative estimate of drug-likeness (QED) is 0.814. The molecule has 1 saturated heterocycles. The highest BCUT2D eigenvalue weighted by molar-refractivity contribution is 5.92. The van der Waals surface area contributed by atoms with E-state index in [1.807, 2.05) is 30.3 Å². The molecule has 1 aliphatic carbocycles. The molecule has 1 aromatic rings. The Labute approximate surface area is 153 Å². The Hall–Kier alpha value is -2.37. The molecule has 2 aliphatic rings. The van der Waals surface area contributed by atoms with E-state index >= 15 is 0 Å². The van der Waals surface area contributed by atoms with Crippen LogP contribution in [0.1, 0.15) is 44.1 Å². The molecule has 140 valence electrons. The van der Waals surface area contributed by atoms with Gasteiger partial charge in [0.05, 0.1) is 5.92 Å². The molecular weight excluding hydrogens is 332 g/mol. The Bertz CT molecular complexity index is 668. The predicted molar refractivity (Wildman–Crippen MR) is 96.4 cm³/mol. The average Bonchev–Trinajstić information content (AvgIpc) is 3.02. The highest BCUT2D eigenvalue weighted by Crippen LogP contribution is 2.29. The van der Waals surface area contributed by atoms with Gasteiger partial charge < -0.3 is 15.3 Å². The van der Waals surface area contributed by atoms with E-state index in [9.17, 15) is 19.5 Å². The fourth-order valence-corrected chi connectivity index (χ4v) is 3.96. The molecule has 1 saturated carbocycles. The third-order valence-electron chi connectivity index (χ3n) is 5.58. The highest BCUT2D eigenvalue weighted by Gasteiger charge is 2.43. The average molecular weight is 358 g/mol. The van der Waals surface area contributed by atoms with Crippen LogP contribution in [-0.2, 0) is 20.8 Å². The van der Waals surface area contributed by atoms with Crippen LogP contribution in [0, 0.1) is 5.92 Å². The van der Waals surface area contributed by atoms with Crippen molar-refractivity contribution in [2.45, 2.75) is 50.5 Å². The summed E-state index contributed by atoms with van der Waals surface area (Å²) in [6, 6.07) is 9.92. The minimum Gasteiger partial charge on any atom is -0.480 e. The van der Waals surface area contributed by atoms with Crippen LogP contribution in [0.2, 0.25) is 0 Å². The minimum absolute atomic E-state index is 0.0332. The summed E-state index contributed by atoms with van der Waals surface area (Å²) >= 11 is 0. The first kappa shape index (κ1) is 18.4. The van der Waals surface area contributed by atoms with Crippen molar-refractivity contribution in [3.05, 3.63) is 35.9 Å². The van der Waals surface area contributed by atoms with Gasteiger partial charge in [-0.3, -0.25) is 9.59 Å². The lowest BCUT2D eigenvalue weighted by Crippen LogP contribution is -2.57. The molecule has 2 amide bonds. The number of hydrogen-bond donors (Lipinski definition) is 2. The SMILES string of the molecule is O=C(NC1(C(=O)O)CCCCC1)C1CC(=O)N(CCc2ccccc2)C1. The molecule has 2 fully saturated rings. The molecule has 0 spiro atoms. The smallest absolute Gasteiger partial charge is 0.329 e. The Morgan fingerprint density at radius 2 is 1.85 bits per heavy atom. The molecule has 2 N–H and O–H groups in total. The molecule has 6 nitrogen and oxygen atoms in total. The molecule has 1 atom stereocenters. The Morgan fingerprint density at radius 3 is 2.50 bits per heavy atom. The zero-order valence-corrected chi connectivity index (χ0v) is 14.9. The van der Waals surface area contributed by atoms with Gasteiger partial charge in [0.1, 0.15) is 5.54 Å². The van der Waals surface area contributed by atoms with Crippen molar-refractivity contribution < 1.29 is 19.5 Å². The molecule has 0 bridgehead atoms. The van der Waals surface area contributed by atoms with Crippen LogP contribution in [0.25, 0.3) is 0 Å². The molecule has 26 heavy (non-hydrogen) atoms. The predicted octanol–water partition coefficient (Wildman–Crippen LogP) is 1.98. The van der Waals surface area contributed by atoms with Crippen LogP contribution < -0.4 is 5.32 Å². The van der Waals surface area contributed by atoms with Crippen LogP contribution in [0.3, 0.4) is 0 Å². The van der Waals surface area contributed by atoms with Gasteiger partial charge in [0.15, 0.2) is 0 Å². The topological polar surface area (TPSA) is 86.7 Å². The van der Waals surface area contributed by atoms with Crippen LogP contribution in [-0.4, -0.2) is 46.4 Å². The Kier molecular flexibility index (Phi) is 5.59. The van der Waals surface area contributed by atoms with E-state index in [2.05, 4.69) is 5.32 Å². The molecular formula is C20H26N2O4. The van der Waals surface area contributed by atoms with Crippen LogP contribution in [0.5, 0.6) is 0 Å².